The van der Waals surface area contributed by atoms with E-state index in [0.29, 0.717) is 34.9 Å². The molecule has 2 aromatic carbocycles. The van der Waals surface area contributed by atoms with Crippen LogP contribution < -0.4 is 5.32 Å². The quantitative estimate of drug-likeness (QED) is 0.150. The third kappa shape index (κ3) is 6.86. The lowest BCUT2D eigenvalue weighted by Crippen LogP contribution is -2.37. The van der Waals surface area contributed by atoms with Gasteiger partial charge in [0.05, 0.1) is 17.3 Å². The van der Waals surface area contributed by atoms with Gasteiger partial charge in [0.1, 0.15) is 29.6 Å². The molecule has 15 heteroatoms. The molecule has 2 aliphatic carbocycles. The van der Waals surface area contributed by atoms with Gasteiger partial charge in [-0.25, -0.2) is 26.3 Å². The fourth-order valence-electron chi connectivity index (χ4n) is 6.67. The minimum absolute atomic E-state index is 0.0570. The zero-order valence-electron chi connectivity index (χ0n) is 27.4. The van der Waals surface area contributed by atoms with E-state index >= 15 is 8.78 Å². The monoisotopic (exact) mass is 727 g/mol. The largest absolute Gasteiger partial charge is 0.346 e. The minimum Gasteiger partial charge on any atom is -0.346 e. The standard InChI is InChI=1S/C37H29F8N5O2/c1-49-17-23-7-6-22(14-27(23)35(49)52)26-12-20(5-4-19-2-3-19)16-46-31(26)28(13-21-10-24(38)15-25(39)11-21)47-29(51)18-50-33-30(32(48-50)34(40)41)36(42,43)8-9-37(33,44)45/h6-7,10-12,14-16,19,28,34H,2-3,8-9,13,17-18H2,1H3,(H,47,51)/t28-/m0/s1. The first kappa shape index (κ1) is 35.2. The molecule has 52 heavy (non-hydrogen) atoms. The molecule has 2 amide bonds. The maximum atomic E-state index is 15.1. The number of nitrogens with one attached hydrogen (secondary N) is 1. The van der Waals surface area contributed by atoms with Crippen molar-refractivity contribution < 1.29 is 44.7 Å². The smallest absolute Gasteiger partial charge is 0.290 e. The highest BCUT2D eigenvalue weighted by Crippen LogP contribution is 2.52. The molecule has 7 rings (SSSR count). The van der Waals surface area contributed by atoms with Gasteiger partial charge in [-0.1, -0.05) is 24.0 Å². The molecule has 7 nitrogen and oxygen atoms in total. The number of amides is 2. The molecule has 2 aromatic heterocycles. The van der Waals surface area contributed by atoms with Gasteiger partial charge in [-0.15, -0.1) is 0 Å². The first-order valence-corrected chi connectivity index (χ1v) is 16.4. The predicted octanol–water partition coefficient (Wildman–Crippen LogP) is 7.59. The van der Waals surface area contributed by atoms with E-state index in [2.05, 4.69) is 27.2 Å². The minimum atomic E-state index is -4.05. The molecule has 4 aromatic rings. The summed E-state index contributed by atoms with van der Waals surface area (Å²) < 4.78 is 116. The van der Waals surface area contributed by atoms with Gasteiger partial charge in [0.2, 0.25) is 5.91 Å². The van der Waals surface area contributed by atoms with Crippen molar-refractivity contribution in [2.45, 2.75) is 69.5 Å². The number of hydrogen-bond acceptors (Lipinski definition) is 4. The summed E-state index contributed by atoms with van der Waals surface area (Å²) in [5.74, 6) is -4.81. The molecule has 1 fully saturated rings. The van der Waals surface area contributed by atoms with Crippen molar-refractivity contribution in [3.63, 3.8) is 0 Å². The van der Waals surface area contributed by atoms with Crippen LogP contribution in [0.4, 0.5) is 35.1 Å². The van der Waals surface area contributed by atoms with Crippen molar-refractivity contribution >= 4 is 11.8 Å². The normalized spacial score (nSPS) is 17.7. The molecular formula is C37H29F8N5O2. The zero-order chi connectivity index (χ0) is 37.1. The van der Waals surface area contributed by atoms with Gasteiger partial charge < -0.3 is 10.2 Å². The van der Waals surface area contributed by atoms with Gasteiger partial charge in [-0.2, -0.15) is 13.9 Å². The molecular weight excluding hydrogens is 698 g/mol. The SMILES string of the molecule is CN1Cc2ccc(-c3cc(C#CC4CC4)cnc3[C@H](Cc3cc(F)cc(F)c3)NC(=O)Cn3nc(C(F)F)c4c3C(F)(F)CCC4(F)F)cc2C1=O. The fraction of sp³-hybridized carbons (Fsp3) is 0.351. The molecule has 270 valence electrons. The summed E-state index contributed by atoms with van der Waals surface area (Å²) in [5, 5.41) is 5.93. The fourth-order valence-corrected chi connectivity index (χ4v) is 6.67. The number of pyridine rings is 1. The molecule has 0 bridgehead atoms. The summed E-state index contributed by atoms with van der Waals surface area (Å²) in [6.07, 6.45) is -3.38. The van der Waals surface area contributed by atoms with Gasteiger partial charge in [-0.3, -0.25) is 19.3 Å². The number of alkyl halides is 6. The maximum Gasteiger partial charge on any atom is 0.290 e. The lowest BCUT2D eigenvalue weighted by molar-refractivity contribution is -0.123. The molecule has 0 spiro atoms. The summed E-state index contributed by atoms with van der Waals surface area (Å²) in [5.41, 5.74) is -1.93. The zero-order valence-corrected chi connectivity index (χ0v) is 27.4. The molecule has 0 saturated heterocycles. The second kappa shape index (κ2) is 13.1. The highest BCUT2D eigenvalue weighted by atomic mass is 19.3. The molecule has 3 heterocycles. The Balaban J connectivity index is 1.31. The van der Waals surface area contributed by atoms with E-state index in [9.17, 15) is 35.9 Å². The van der Waals surface area contributed by atoms with Crippen LogP contribution in [0.1, 0.15) is 87.8 Å². The van der Waals surface area contributed by atoms with Gasteiger partial charge >= 0.3 is 0 Å². The van der Waals surface area contributed by atoms with Crippen LogP contribution in [0.25, 0.3) is 11.1 Å². The van der Waals surface area contributed by atoms with E-state index < -0.39 is 78.2 Å². The van der Waals surface area contributed by atoms with Crippen molar-refractivity contribution in [3.05, 3.63) is 105 Å². The predicted molar refractivity (Wildman–Crippen MR) is 170 cm³/mol. The van der Waals surface area contributed by atoms with Crippen LogP contribution in [0.3, 0.4) is 0 Å². The summed E-state index contributed by atoms with van der Waals surface area (Å²) >= 11 is 0. The molecule has 1 atom stereocenters. The van der Waals surface area contributed by atoms with E-state index in [0.717, 1.165) is 30.5 Å². The number of aromatic nitrogens is 3. The second-order valence-electron chi connectivity index (χ2n) is 13.3. The van der Waals surface area contributed by atoms with Gasteiger partial charge in [-0.05, 0) is 60.2 Å². The van der Waals surface area contributed by atoms with E-state index in [1.807, 2.05) is 0 Å². The summed E-state index contributed by atoms with van der Waals surface area (Å²) in [7, 11) is 1.64. The Hall–Kier alpha value is -5.26. The number of nitrogens with zero attached hydrogens (tertiary/aromatic N) is 4. The Kier molecular flexibility index (Phi) is 8.83. The Morgan fingerprint density at radius 2 is 1.69 bits per heavy atom. The van der Waals surface area contributed by atoms with Crippen LogP contribution in [-0.4, -0.2) is 38.5 Å². The van der Waals surface area contributed by atoms with E-state index in [1.54, 1.807) is 31.3 Å². The van der Waals surface area contributed by atoms with Crippen LogP contribution in [0.5, 0.6) is 0 Å². The molecule has 0 radical (unpaired) electrons. The Morgan fingerprint density at radius 1 is 0.981 bits per heavy atom. The molecule has 1 saturated carbocycles. The molecule has 0 unspecified atom stereocenters. The maximum absolute atomic E-state index is 15.1. The van der Waals surface area contributed by atoms with E-state index in [4.69, 9.17) is 0 Å². The average Bonchev–Trinajstić information content (AvgIpc) is 3.75. The number of benzene rings is 2. The van der Waals surface area contributed by atoms with Gasteiger partial charge in [0.15, 0.2) is 0 Å². The summed E-state index contributed by atoms with van der Waals surface area (Å²) in [6, 6.07) is 8.22. The van der Waals surface area contributed by atoms with Gasteiger partial charge in [0, 0.05) is 61.3 Å². The van der Waals surface area contributed by atoms with Crippen molar-refractivity contribution in [1.29, 1.82) is 0 Å². The van der Waals surface area contributed by atoms with Crippen LogP contribution in [0.2, 0.25) is 0 Å². The van der Waals surface area contributed by atoms with Crippen LogP contribution in [0.15, 0.2) is 48.7 Å². The highest BCUT2D eigenvalue weighted by Gasteiger charge is 2.55. The Bertz CT molecular complexity index is 2150. The van der Waals surface area contributed by atoms with E-state index in [-0.39, 0.29) is 34.2 Å². The number of hydrogen-bond donors (Lipinski definition) is 1. The third-order valence-corrected chi connectivity index (χ3v) is 9.29. The number of carbonyl (C=O) groups excluding carboxylic acids is 2. The van der Waals surface area contributed by atoms with Crippen LogP contribution in [0, 0.1) is 29.4 Å². The molecule has 3 aliphatic rings. The van der Waals surface area contributed by atoms with E-state index in [1.165, 1.54) is 11.1 Å². The topological polar surface area (TPSA) is 80.1 Å². The lowest BCUT2D eigenvalue weighted by Gasteiger charge is -2.29. The average molecular weight is 728 g/mol. The number of carbonyl (C=O) groups is 2. The van der Waals surface area contributed by atoms with Crippen molar-refractivity contribution in [2.75, 3.05) is 7.05 Å². The Morgan fingerprint density at radius 3 is 2.38 bits per heavy atom. The first-order valence-electron chi connectivity index (χ1n) is 16.4. The summed E-state index contributed by atoms with van der Waals surface area (Å²) in [6.45, 7) is -0.791. The molecule has 1 aliphatic heterocycles. The second-order valence-corrected chi connectivity index (χ2v) is 13.3. The number of halogens is 8. The Labute approximate surface area is 292 Å². The number of rotatable bonds is 8. The lowest BCUT2D eigenvalue weighted by atomic mass is 9.89. The number of fused-ring (bicyclic) bond motifs is 2. The highest BCUT2D eigenvalue weighted by molar-refractivity contribution is 5.99. The third-order valence-electron chi connectivity index (χ3n) is 9.29. The summed E-state index contributed by atoms with van der Waals surface area (Å²) in [4.78, 5) is 32.7. The first-order chi connectivity index (χ1) is 24.6. The van der Waals surface area contributed by atoms with Crippen molar-refractivity contribution in [1.82, 2.24) is 25.0 Å². The van der Waals surface area contributed by atoms with Crippen LogP contribution in [-0.2, 0) is 36.1 Å². The van der Waals surface area contributed by atoms with Gasteiger partial charge in [0.25, 0.3) is 24.2 Å². The van der Waals surface area contributed by atoms with Crippen LogP contribution >= 0.6 is 0 Å². The molecule has 1 N–H and O–H groups in total. The van der Waals surface area contributed by atoms with Crippen molar-refractivity contribution in [2.24, 2.45) is 5.92 Å². The van der Waals surface area contributed by atoms with Crippen molar-refractivity contribution in [3.8, 4) is 23.0 Å².